The van der Waals surface area contributed by atoms with Gasteiger partial charge in [-0.25, -0.2) is 8.42 Å². The first-order chi connectivity index (χ1) is 14.5. The molecule has 158 valence electrons. The number of sulfonamides is 1. The van der Waals surface area contributed by atoms with Gasteiger partial charge < -0.3 is 13.9 Å². The van der Waals surface area contributed by atoms with Crippen LogP contribution in [0.5, 0.6) is 5.75 Å². The van der Waals surface area contributed by atoms with Crippen LogP contribution in [0.1, 0.15) is 11.8 Å². The van der Waals surface area contributed by atoms with E-state index in [1.165, 1.54) is 11.4 Å². The van der Waals surface area contributed by atoms with Gasteiger partial charge in [0.2, 0.25) is 21.8 Å². The third-order valence-corrected chi connectivity index (χ3v) is 7.11. The highest BCUT2D eigenvalue weighted by Crippen LogP contribution is 2.36. The van der Waals surface area contributed by atoms with Gasteiger partial charge in [0.1, 0.15) is 5.75 Å². The molecule has 0 bridgehead atoms. The second-order valence-electron chi connectivity index (χ2n) is 7.13. The Morgan fingerprint density at radius 3 is 2.43 bits per heavy atom. The second-order valence-corrected chi connectivity index (χ2v) is 9.07. The first kappa shape index (κ1) is 20.5. The molecule has 0 N–H and O–H groups in total. The molecule has 0 amide bonds. The van der Waals surface area contributed by atoms with Gasteiger partial charge >= 0.3 is 0 Å². The predicted octanol–water partition coefficient (Wildman–Crippen LogP) is 2.80. The molecule has 9 heteroatoms. The summed E-state index contributed by atoms with van der Waals surface area (Å²) in [6, 6.07) is 15.8. The van der Waals surface area contributed by atoms with E-state index in [4.69, 9.17) is 13.9 Å². The molecule has 4 rings (SSSR count). The van der Waals surface area contributed by atoms with Crippen LogP contribution in [0.25, 0.3) is 11.5 Å². The third kappa shape index (κ3) is 3.96. The Kier molecular flexibility index (Phi) is 5.85. The second kappa shape index (κ2) is 8.55. The lowest BCUT2D eigenvalue weighted by molar-refractivity contribution is 0.147. The largest absolute Gasteiger partial charge is 0.497 e. The zero-order valence-corrected chi connectivity index (χ0v) is 17.6. The number of nitrogens with zero attached hydrogens (tertiary/aromatic N) is 3. The standard InChI is InChI=1S/C21H23N3O5S/c1-27-14-16-12-24(30(25,26)18-10-8-17(28-2)9-11-18)13-19(16)21-23-22-20(29-21)15-6-4-3-5-7-15/h3-11,16,19H,12-14H2,1-2H3/t16-,19+/m0/s1. The van der Waals surface area contributed by atoms with Gasteiger partial charge in [-0.05, 0) is 36.4 Å². The molecule has 8 nitrogen and oxygen atoms in total. The van der Waals surface area contributed by atoms with E-state index in [9.17, 15) is 8.42 Å². The Balaban J connectivity index is 1.59. The maximum absolute atomic E-state index is 13.2. The van der Waals surface area contributed by atoms with Crippen LogP contribution in [-0.4, -0.2) is 56.8 Å². The number of benzene rings is 2. The first-order valence-corrected chi connectivity index (χ1v) is 11.0. The maximum atomic E-state index is 13.2. The number of aromatic nitrogens is 2. The molecule has 3 aromatic rings. The molecule has 2 heterocycles. The highest BCUT2D eigenvalue weighted by Gasteiger charge is 2.42. The van der Waals surface area contributed by atoms with Crippen molar-refractivity contribution in [3.63, 3.8) is 0 Å². The fourth-order valence-corrected chi connectivity index (χ4v) is 5.19. The van der Waals surface area contributed by atoms with Gasteiger partial charge in [0.15, 0.2) is 0 Å². The molecule has 2 aromatic carbocycles. The SMILES string of the molecule is COC[C@@H]1CN(S(=O)(=O)c2ccc(OC)cc2)C[C@H]1c1nnc(-c2ccccc2)o1. The van der Waals surface area contributed by atoms with E-state index in [1.54, 1.807) is 31.4 Å². The minimum Gasteiger partial charge on any atom is -0.497 e. The van der Waals surface area contributed by atoms with Gasteiger partial charge in [-0.1, -0.05) is 18.2 Å². The van der Waals surface area contributed by atoms with Gasteiger partial charge in [-0.3, -0.25) is 0 Å². The van der Waals surface area contributed by atoms with Gasteiger partial charge in [0.05, 0.1) is 24.5 Å². The summed E-state index contributed by atoms with van der Waals surface area (Å²) in [4.78, 5) is 0.218. The molecule has 0 unspecified atom stereocenters. The number of rotatable bonds is 7. The zero-order valence-electron chi connectivity index (χ0n) is 16.8. The van der Waals surface area contributed by atoms with Gasteiger partial charge in [-0.15, -0.1) is 10.2 Å². The molecule has 0 radical (unpaired) electrons. The van der Waals surface area contributed by atoms with Crippen molar-refractivity contribution in [1.82, 2.24) is 14.5 Å². The zero-order chi connectivity index (χ0) is 21.1. The van der Waals surface area contributed by atoms with Crippen molar-refractivity contribution in [1.29, 1.82) is 0 Å². The molecule has 1 saturated heterocycles. The Morgan fingerprint density at radius 1 is 1.03 bits per heavy atom. The molecule has 1 aliphatic rings. The fraction of sp³-hybridized carbons (Fsp3) is 0.333. The number of hydrogen-bond donors (Lipinski definition) is 0. The summed E-state index contributed by atoms with van der Waals surface area (Å²) in [6.07, 6.45) is 0. The minimum absolute atomic E-state index is 0.0907. The van der Waals surface area contributed by atoms with E-state index in [-0.39, 0.29) is 23.3 Å². The van der Waals surface area contributed by atoms with Crippen molar-refractivity contribution in [3.05, 3.63) is 60.5 Å². The third-order valence-electron chi connectivity index (χ3n) is 5.26. The number of ether oxygens (including phenoxy) is 2. The van der Waals surface area contributed by atoms with Crippen LogP contribution in [-0.2, 0) is 14.8 Å². The van der Waals surface area contributed by atoms with Gasteiger partial charge in [-0.2, -0.15) is 4.31 Å². The molecular formula is C21H23N3O5S. The minimum atomic E-state index is -3.67. The maximum Gasteiger partial charge on any atom is 0.247 e. The Bertz CT molecular complexity index is 1080. The summed E-state index contributed by atoms with van der Waals surface area (Å²) in [6.45, 7) is 0.955. The van der Waals surface area contributed by atoms with E-state index in [2.05, 4.69) is 10.2 Å². The number of hydrogen-bond acceptors (Lipinski definition) is 7. The smallest absolute Gasteiger partial charge is 0.247 e. The lowest BCUT2D eigenvalue weighted by Crippen LogP contribution is -2.29. The molecule has 0 aliphatic carbocycles. The van der Waals surface area contributed by atoms with Crippen molar-refractivity contribution in [2.45, 2.75) is 10.8 Å². The lowest BCUT2D eigenvalue weighted by atomic mass is 9.97. The average Bonchev–Trinajstić information content (AvgIpc) is 3.42. The Morgan fingerprint density at radius 2 is 1.77 bits per heavy atom. The molecule has 30 heavy (non-hydrogen) atoms. The molecular weight excluding hydrogens is 406 g/mol. The van der Waals surface area contributed by atoms with Gasteiger partial charge in [0, 0.05) is 31.7 Å². The topological polar surface area (TPSA) is 94.8 Å². The van der Waals surface area contributed by atoms with E-state index < -0.39 is 10.0 Å². The predicted molar refractivity (Wildman–Crippen MR) is 110 cm³/mol. The van der Waals surface area contributed by atoms with E-state index in [0.717, 1.165) is 5.56 Å². The van der Waals surface area contributed by atoms with Crippen LogP contribution in [0.2, 0.25) is 0 Å². The summed E-state index contributed by atoms with van der Waals surface area (Å²) in [5, 5.41) is 8.36. The normalized spacial score (nSPS) is 19.8. The Hall–Kier alpha value is -2.75. The summed E-state index contributed by atoms with van der Waals surface area (Å²) in [7, 11) is -0.531. The summed E-state index contributed by atoms with van der Waals surface area (Å²) in [5.74, 6) is 1.10. The molecule has 1 aliphatic heterocycles. The van der Waals surface area contributed by atoms with E-state index in [0.29, 0.717) is 30.7 Å². The van der Waals surface area contributed by atoms with Gasteiger partial charge in [0.25, 0.3) is 0 Å². The van der Waals surface area contributed by atoms with Crippen molar-refractivity contribution < 1.29 is 22.3 Å². The highest BCUT2D eigenvalue weighted by molar-refractivity contribution is 7.89. The molecule has 1 aromatic heterocycles. The molecule has 0 saturated carbocycles. The van der Waals surface area contributed by atoms with Crippen LogP contribution < -0.4 is 4.74 Å². The van der Waals surface area contributed by atoms with Crippen LogP contribution in [0.4, 0.5) is 0 Å². The monoisotopic (exact) mass is 429 g/mol. The van der Waals surface area contributed by atoms with Crippen LogP contribution >= 0.6 is 0 Å². The fourth-order valence-electron chi connectivity index (χ4n) is 3.67. The molecule has 2 atom stereocenters. The van der Waals surface area contributed by atoms with Crippen molar-refractivity contribution in [3.8, 4) is 17.2 Å². The van der Waals surface area contributed by atoms with Crippen LogP contribution in [0, 0.1) is 5.92 Å². The van der Waals surface area contributed by atoms with Crippen LogP contribution in [0.15, 0.2) is 63.9 Å². The first-order valence-electron chi connectivity index (χ1n) is 9.55. The average molecular weight is 429 g/mol. The van der Waals surface area contributed by atoms with E-state index in [1.807, 2.05) is 30.3 Å². The van der Waals surface area contributed by atoms with E-state index >= 15 is 0 Å². The van der Waals surface area contributed by atoms with Crippen LogP contribution in [0.3, 0.4) is 0 Å². The van der Waals surface area contributed by atoms with Crippen molar-refractivity contribution in [2.24, 2.45) is 5.92 Å². The Labute approximate surface area is 175 Å². The molecule has 1 fully saturated rings. The summed E-state index contributed by atoms with van der Waals surface area (Å²) < 4.78 is 44.2. The number of methoxy groups -OCH3 is 2. The lowest BCUT2D eigenvalue weighted by Gasteiger charge is -2.16. The quantitative estimate of drug-likeness (QED) is 0.570. The van der Waals surface area contributed by atoms with Crippen molar-refractivity contribution >= 4 is 10.0 Å². The van der Waals surface area contributed by atoms with Crippen molar-refractivity contribution in [2.75, 3.05) is 33.9 Å². The highest BCUT2D eigenvalue weighted by atomic mass is 32.2. The molecule has 0 spiro atoms. The summed E-state index contributed by atoms with van der Waals surface area (Å²) in [5.41, 5.74) is 0.820. The summed E-state index contributed by atoms with van der Waals surface area (Å²) >= 11 is 0.